The number of rotatable bonds is 6. The van der Waals surface area contributed by atoms with Crippen LogP contribution in [0.1, 0.15) is 11.1 Å². The molecule has 1 amide bonds. The van der Waals surface area contributed by atoms with E-state index in [-0.39, 0.29) is 5.91 Å². The van der Waals surface area contributed by atoms with Crippen LogP contribution in [-0.2, 0) is 4.79 Å². The Morgan fingerprint density at radius 2 is 1.88 bits per heavy atom. The summed E-state index contributed by atoms with van der Waals surface area (Å²) in [5, 5.41) is 3.93. The summed E-state index contributed by atoms with van der Waals surface area (Å²) in [7, 11) is 3.12. The maximum atomic E-state index is 11.7. The van der Waals surface area contributed by atoms with Gasteiger partial charge in [-0.3, -0.25) is 4.79 Å². The summed E-state index contributed by atoms with van der Waals surface area (Å²) in [5.41, 5.74) is 4.14. The number of hydrazone groups is 1. The van der Waals surface area contributed by atoms with Crippen molar-refractivity contribution < 1.29 is 14.3 Å². The maximum Gasteiger partial charge on any atom is 0.264 e. The fourth-order valence-corrected chi connectivity index (χ4v) is 2.58. The number of halogens is 1. The number of carbonyl (C=O) groups is 1. The second kappa shape index (κ2) is 8.88. The van der Waals surface area contributed by atoms with Gasteiger partial charge in [0.05, 0.1) is 24.9 Å². The number of methoxy groups -OCH3 is 2. The first-order valence-electron chi connectivity index (χ1n) is 7.11. The van der Waals surface area contributed by atoms with Crippen LogP contribution < -0.4 is 14.9 Å². The van der Waals surface area contributed by atoms with Gasteiger partial charge in [0, 0.05) is 6.08 Å². The van der Waals surface area contributed by atoms with Crippen LogP contribution in [0.5, 0.6) is 11.5 Å². The highest BCUT2D eigenvalue weighted by molar-refractivity contribution is 9.10. The average Bonchev–Trinajstić information content (AvgIpc) is 2.60. The van der Waals surface area contributed by atoms with Crippen molar-refractivity contribution in [2.45, 2.75) is 0 Å². The van der Waals surface area contributed by atoms with Gasteiger partial charge in [-0.2, -0.15) is 5.10 Å². The van der Waals surface area contributed by atoms with Gasteiger partial charge in [0.1, 0.15) is 0 Å². The first kappa shape index (κ1) is 17.7. The molecule has 2 rings (SSSR count). The second-order valence-electron chi connectivity index (χ2n) is 4.72. The first-order chi connectivity index (χ1) is 11.6. The van der Waals surface area contributed by atoms with E-state index in [0.29, 0.717) is 11.5 Å². The topological polar surface area (TPSA) is 59.9 Å². The molecule has 0 aliphatic carbocycles. The van der Waals surface area contributed by atoms with Crippen LogP contribution in [-0.4, -0.2) is 26.3 Å². The molecule has 0 spiro atoms. The molecule has 1 N–H and O–H groups in total. The molecule has 2 aromatic carbocycles. The van der Waals surface area contributed by atoms with Crippen molar-refractivity contribution >= 4 is 34.1 Å². The van der Waals surface area contributed by atoms with E-state index in [1.807, 2.05) is 36.4 Å². The van der Waals surface area contributed by atoms with E-state index < -0.39 is 0 Å². The molecule has 6 heteroatoms. The SMILES string of the molecule is COc1cc(/C=N\NC(=O)/C=C/c2ccccc2)cc(Br)c1OC. The second-order valence-corrected chi connectivity index (χ2v) is 5.57. The predicted molar refractivity (Wildman–Crippen MR) is 98.5 cm³/mol. The Morgan fingerprint density at radius 1 is 1.12 bits per heavy atom. The molecule has 124 valence electrons. The fourth-order valence-electron chi connectivity index (χ4n) is 1.96. The molecule has 0 radical (unpaired) electrons. The molecule has 5 nitrogen and oxygen atoms in total. The molecular weight excluding hydrogens is 372 g/mol. The molecule has 0 aromatic heterocycles. The van der Waals surface area contributed by atoms with Crippen LogP contribution in [0, 0.1) is 0 Å². The van der Waals surface area contributed by atoms with E-state index in [9.17, 15) is 4.79 Å². The zero-order valence-electron chi connectivity index (χ0n) is 13.3. The lowest BCUT2D eigenvalue weighted by Gasteiger charge is -2.10. The highest BCUT2D eigenvalue weighted by Gasteiger charge is 2.09. The maximum absolute atomic E-state index is 11.7. The molecule has 24 heavy (non-hydrogen) atoms. The Balaban J connectivity index is 2.00. The van der Waals surface area contributed by atoms with Crippen molar-refractivity contribution in [3.63, 3.8) is 0 Å². The largest absolute Gasteiger partial charge is 0.493 e. The Labute approximate surface area is 149 Å². The summed E-state index contributed by atoms with van der Waals surface area (Å²) < 4.78 is 11.2. The molecule has 0 aliphatic rings. The van der Waals surface area contributed by atoms with Crippen molar-refractivity contribution in [2.24, 2.45) is 5.10 Å². The van der Waals surface area contributed by atoms with Crippen LogP contribution in [0.3, 0.4) is 0 Å². The number of hydrogen-bond acceptors (Lipinski definition) is 4. The van der Waals surface area contributed by atoms with Crippen molar-refractivity contribution in [2.75, 3.05) is 14.2 Å². The van der Waals surface area contributed by atoms with Gasteiger partial charge in [-0.25, -0.2) is 5.43 Å². The molecule has 0 aliphatic heterocycles. The monoisotopic (exact) mass is 388 g/mol. The fraction of sp³-hybridized carbons (Fsp3) is 0.111. The van der Waals surface area contributed by atoms with E-state index in [1.165, 1.54) is 12.3 Å². The standard InChI is InChI=1S/C18H17BrN2O3/c1-23-16-11-14(10-15(19)18(16)24-2)12-20-21-17(22)9-8-13-6-4-3-5-7-13/h3-12H,1-2H3,(H,21,22)/b9-8+,20-12-. The molecule has 0 unspecified atom stereocenters. The van der Waals surface area contributed by atoms with Crippen LogP contribution in [0.25, 0.3) is 6.08 Å². The van der Waals surface area contributed by atoms with Crippen LogP contribution in [0.15, 0.2) is 58.1 Å². The summed E-state index contributed by atoms with van der Waals surface area (Å²) in [6, 6.07) is 13.1. The lowest BCUT2D eigenvalue weighted by molar-refractivity contribution is -0.116. The quantitative estimate of drug-likeness (QED) is 0.466. The number of ether oxygens (including phenoxy) is 2. The summed E-state index contributed by atoms with van der Waals surface area (Å²) in [6.07, 6.45) is 4.68. The molecule has 0 atom stereocenters. The van der Waals surface area contributed by atoms with Crippen molar-refractivity contribution in [1.29, 1.82) is 0 Å². The predicted octanol–water partition coefficient (Wildman–Crippen LogP) is 3.63. The van der Waals surface area contributed by atoms with E-state index in [4.69, 9.17) is 9.47 Å². The normalized spacial score (nSPS) is 11.0. The minimum absolute atomic E-state index is 0.311. The smallest absolute Gasteiger partial charge is 0.264 e. The van der Waals surface area contributed by atoms with E-state index in [1.54, 1.807) is 26.4 Å². The van der Waals surface area contributed by atoms with Crippen molar-refractivity contribution in [3.8, 4) is 11.5 Å². The Bertz CT molecular complexity index is 758. The minimum Gasteiger partial charge on any atom is -0.493 e. The lowest BCUT2D eigenvalue weighted by Crippen LogP contribution is -2.14. The van der Waals surface area contributed by atoms with Crippen molar-refractivity contribution in [1.82, 2.24) is 5.43 Å². The molecule has 0 bridgehead atoms. The Kier molecular flexibility index (Phi) is 6.57. The van der Waals surface area contributed by atoms with Gasteiger partial charge in [0.2, 0.25) is 0 Å². The third-order valence-electron chi connectivity index (χ3n) is 3.07. The minimum atomic E-state index is -0.311. The molecule has 0 heterocycles. The Hall–Kier alpha value is -2.60. The van der Waals surface area contributed by atoms with Gasteiger partial charge in [0.25, 0.3) is 5.91 Å². The summed E-state index contributed by atoms with van der Waals surface area (Å²) in [6.45, 7) is 0. The highest BCUT2D eigenvalue weighted by atomic mass is 79.9. The zero-order chi connectivity index (χ0) is 17.4. The van der Waals surface area contributed by atoms with Crippen molar-refractivity contribution in [3.05, 3.63) is 64.1 Å². The van der Waals surface area contributed by atoms with E-state index in [2.05, 4.69) is 26.5 Å². The van der Waals surface area contributed by atoms with Gasteiger partial charge in [-0.15, -0.1) is 0 Å². The molecule has 2 aromatic rings. The summed E-state index contributed by atoms with van der Waals surface area (Å²) >= 11 is 3.41. The van der Waals surface area contributed by atoms with Crippen LogP contribution >= 0.6 is 15.9 Å². The lowest BCUT2D eigenvalue weighted by atomic mass is 10.2. The number of carbonyl (C=O) groups excluding carboxylic acids is 1. The molecule has 0 saturated heterocycles. The summed E-state index contributed by atoms with van der Waals surface area (Å²) in [5.74, 6) is 0.864. The van der Waals surface area contributed by atoms with Gasteiger partial charge < -0.3 is 9.47 Å². The molecule has 0 saturated carbocycles. The van der Waals surface area contributed by atoms with Gasteiger partial charge in [0.15, 0.2) is 11.5 Å². The first-order valence-corrected chi connectivity index (χ1v) is 7.91. The zero-order valence-corrected chi connectivity index (χ0v) is 14.9. The van der Waals surface area contributed by atoms with Gasteiger partial charge in [-0.1, -0.05) is 30.3 Å². The number of nitrogens with one attached hydrogen (secondary N) is 1. The molecule has 0 fully saturated rings. The average molecular weight is 389 g/mol. The van der Waals surface area contributed by atoms with Crippen LogP contribution in [0.4, 0.5) is 0 Å². The summed E-state index contributed by atoms with van der Waals surface area (Å²) in [4.78, 5) is 11.7. The number of nitrogens with zero attached hydrogens (tertiary/aromatic N) is 1. The van der Waals surface area contributed by atoms with Gasteiger partial charge >= 0.3 is 0 Å². The van der Waals surface area contributed by atoms with Crippen LogP contribution in [0.2, 0.25) is 0 Å². The van der Waals surface area contributed by atoms with E-state index in [0.717, 1.165) is 15.6 Å². The third-order valence-corrected chi connectivity index (χ3v) is 3.66. The third kappa shape index (κ3) is 4.96. The molecular formula is C18H17BrN2O3. The van der Waals surface area contributed by atoms with Gasteiger partial charge in [-0.05, 0) is 45.3 Å². The number of benzene rings is 2. The van der Waals surface area contributed by atoms with E-state index >= 15 is 0 Å². The number of hydrogen-bond donors (Lipinski definition) is 1. The highest BCUT2D eigenvalue weighted by Crippen LogP contribution is 2.35. The Morgan fingerprint density at radius 3 is 2.54 bits per heavy atom. The number of amides is 1.